The molecule has 0 N–H and O–H groups in total. The van der Waals surface area contributed by atoms with E-state index >= 15 is 0 Å². The SMILES string of the molecule is CC(C)(C)OC(=O)CN1CCCc2ccccc21. The van der Waals surface area contributed by atoms with Gasteiger partial charge in [0.25, 0.3) is 0 Å². The number of carbonyl (C=O) groups is 1. The third kappa shape index (κ3) is 3.25. The minimum atomic E-state index is -0.410. The molecule has 1 aromatic rings. The molecule has 0 saturated carbocycles. The van der Waals surface area contributed by atoms with Crippen molar-refractivity contribution in [2.24, 2.45) is 0 Å². The van der Waals surface area contributed by atoms with Crippen LogP contribution in [0.5, 0.6) is 0 Å². The van der Waals surface area contributed by atoms with Gasteiger partial charge in [0, 0.05) is 12.2 Å². The molecule has 0 fully saturated rings. The second-order valence-electron chi connectivity index (χ2n) is 5.74. The molecule has 98 valence electrons. The van der Waals surface area contributed by atoms with E-state index in [1.54, 1.807) is 0 Å². The highest BCUT2D eigenvalue weighted by molar-refractivity contribution is 5.77. The molecule has 2 rings (SSSR count). The number of anilines is 1. The monoisotopic (exact) mass is 247 g/mol. The van der Waals surface area contributed by atoms with Gasteiger partial charge in [0.15, 0.2) is 0 Å². The summed E-state index contributed by atoms with van der Waals surface area (Å²) in [4.78, 5) is 14.0. The lowest BCUT2D eigenvalue weighted by Gasteiger charge is -2.31. The Morgan fingerprint density at radius 1 is 1.33 bits per heavy atom. The van der Waals surface area contributed by atoms with Crippen LogP contribution in [0, 0.1) is 0 Å². The minimum Gasteiger partial charge on any atom is -0.459 e. The largest absolute Gasteiger partial charge is 0.459 e. The van der Waals surface area contributed by atoms with Crippen molar-refractivity contribution in [3.63, 3.8) is 0 Å². The summed E-state index contributed by atoms with van der Waals surface area (Å²) in [6.07, 6.45) is 2.20. The molecule has 0 radical (unpaired) electrons. The Morgan fingerprint density at radius 3 is 2.78 bits per heavy atom. The number of fused-ring (bicyclic) bond motifs is 1. The summed E-state index contributed by atoms with van der Waals surface area (Å²) in [7, 11) is 0. The molecule has 3 nitrogen and oxygen atoms in total. The van der Waals surface area contributed by atoms with Crippen LogP contribution in [-0.2, 0) is 16.0 Å². The Hall–Kier alpha value is -1.51. The number of ether oxygens (including phenoxy) is 1. The van der Waals surface area contributed by atoms with Gasteiger partial charge < -0.3 is 9.64 Å². The molecule has 0 aromatic heterocycles. The number of carbonyl (C=O) groups excluding carboxylic acids is 1. The summed E-state index contributed by atoms with van der Waals surface area (Å²) < 4.78 is 5.37. The zero-order valence-corrected chi connectivity index (χ0v) is 11.4. The van der Waals surface area contributed by atoms with Crippen molar-refractivity contribution in [3.05, 3.63) is 29.8 Å². The second-order valence-corrected chi connectivity index (χ2v) is 5.74. The molecule has 0 aliphatic carbocycles. The van der Waals surface area contributed by atoms with Crippen LogP contribution in [0.4, 0.5) is 5.69 Å². The highest BCUT2D eigenvalue weighted by Gasteiger charge is 2.22. The Labute approximate surface area is 109 Å². The van der Waals surface area contributed by atoms with Gasteiger partial charge in [0.1, 0.15) is 12.1 Å². The molecule has 18 heavy (non-hydrogen) atoms. The van der Waals surface area contributed by atoms with Gasteiger partial charge in [-0.1, -0.05) is 18.2 Å². The number of esters is 1. The van der Waals surface area contributed by atoms with Crippen molar-refractivity contribution >= 4 is 11.7 Å². The Balaban J connectivity index is 2.05. The van der Waals surface area contributed by atoms with E-state index < -0.39 is 5.60 Å². The maximum atomic E-state index is 11.9. The maximum absolute atomic E-state index is 11.9. The molecule has 1 aliphatic heterocycles. The van der Waals surface area contributed by atoms with Crippen LogP contribution in [0.1, 0.15) is 32.8 Å². The molecule has 1 aromatic carbocycles. The zero-order chi connectivity index (χ0) is 13.2. The van der Waals surface area contributed by atoms with Gasteiger partial charge in [-0.2, -0.15) is 0 Å². The third-order valence-electron chi connectivity index (χ3n) is 2.95. The topological polar surface area (TPSA) is 29.5 Å². The van der Waals surface area contributed by atoms with Crippen LogP contribution >= 0.6 is 0 Å². The van der Waals surface area contributed by atoms with Crippen LogP contribution in [0.2, 0.25) is 0 Å². The van der Waals surface area contributed by atoms with Gasteiger partial charge in [0.2, 0.25) is 0 Å². The quantitative estimate of drug-likeness (QED) is 0.753. The average Bonchev–Trinajstić information content (AvgIpc) is 2.27. The van der Waals surface area contributed by atoms with Crippen LogP contribution < -0.4 is 4.90 Å². The van der Waals surface area contributed by atoms with Crippen molar-refractivity contribution in [2.75, 3.05) is 18.0 Å². The van der Waals surface area contributed by atoms with Crippen molar-refractivity contribution in [1.29, 1.82) is 0 Å². The van der Waals surface area contributed by atoms with Crippen molar-refractivity contribution in [1.82, 2.24) is 0 Å². The lowest BCUT2D eigenvalue weighted by molar-refractivity contribution is -0.153. The summed E-state index contributed by atoms with van der Waals surface area (Å²) in [5, 5.41) is 0. The minimum absolute atomic E-state index is 0.154. The van der Waals surface area contributed by atoms with Crippen LogP contribution in [0.25, 0.3) is 0 Å². The summed E-state index contributed by atoms with van der Waals surface area (Å²) in [5.41, 5.74) is 2.09. The van der Waals surface area contributed by atoms with Crippen molar-refractivity contribution in [3.8, 4) is 0 Å². The molecule has 1 heterocycles. The first kappa shape index (κ1) is 12.9. The number of nitrogens with zero attached hydrogens (tertiary/aromatic N) is 1. The second kappa shape index (κ2) is 5.01. The highest BCUT2D eigenvalue weighted by Crippen LogP contribution is 2.26. The fourth-order valence-electron chi connectivity index (χ4n) is 2.31. The van der Waals surface area contributed by atoms with Gasteiger partial charge in [-0.15, -0.1) is 0 Å². The first-order valence-corrected chi connectivity index (χ1v) is 6.50. The molecule has 3 heteroatoms. The Bertz CT molecular complexity index is 434. The maximum Gasteiger partial charge on any atom is 0.326 e. The fourth-order valence-corrected chi connectivity index (χ4v) is 2.31. The van der Waals surface area contributed by atoms with Gasteiger partial charge >= 0.3 is 5.97 Å². The van der Waals surface area contributed by atoms with E-state index in [0.29, 0.717) is 6.54 Å². The Morgan fingerprint density at radius 2 is 2.06 bits per heavy atom. The van der Waals surface area contributed by atoms with E-state index in [1.165, 1.54) is 11.3 Å². The predicted octanol–water partition coefficient (Wildman–Crippen LogP) is 2.78. The standard InChI is InChI=1S/C15H21NO2/c1-15(2,3)18-14(17)11-16-10-6-8-12-7-4-5-9-13(12)16/h4-5,7,9H,6,8,10-11H2,1-3H3. The molecular formula is C15H21NO2. The van der Waals surface area contributed by atoms with Crippen LogP contribution in [-0.4, -0.2) is 24.7 Å². The molecule has 0 amide bonds. The number of benzene rings is 1. The van der Waals surface area contributed by atoms with Crippen molar-refractivity contribution < 1.29 is 9.53 Å². The zero-order valence-electron chi connectivity index (χ0n) is 11.4. The van der Waals surface area contributed by atoms with Crippen LogP contribution in [0.3, 0.4) is 0 Å². The van der Waals surface area contributed by atoms with Gasteiger partial charge in [0.05, 0.1) is 0 Å². The Kier molecular flexibility index (Phi) is 3.60. The fraction of sp³-hybridized carbons (Fsp3) is 0.533. The molecular weight excluding hydrogens is 226 g/mol. The number of hydrogen-bond acceptors (Lipinski definition) is 3. The van der Waals surface area contributed by atoms with E-state index in [9.17, 15) is 4.79 Å². The smallest absolute Gasteiger partial charge is 0.326 e. The van der Waals surface area contributed by atoms with Crippen molar-refractivity contribution in [2.45, 2.75) is 39.2 Å². The summed E-state index contributed by atoms with van der Waals surface area (Å²) in [6.45, 7) is 6.96. The predicted molar refractivity (Wildman–Crippen MR) is 72.8 cm³/mol. The summed E-state index contributed by atoms with van der Waals surface area (Å²) >= 11 is 0. The number of hydrogen-bond donors (Lipinski definition) is 0. The van der Waals surface area contributed by atoms with Gasteiger partial charge in [-0.25, -0.2) is 0 Å². The molecule has 0 atom stereocenters. The molecule has 0 unspecified atom stereocenters. The van der Waals surface area contributed by atoms with E-state index in [0.717, 1.165) is 19.4 Å². The number of rotatable bonds is 2. The summed E-state index contributed by atoms with van der Waals surface area (Å²) in [6, 6.07) is 8.29. The molecule has 0 saturated heterocycles. The number of para-hydroxylation sites is 1. The average molecular weight is 247 g/mol. The van der Waals surface area contributed by atoms with Gasteiger partial charge in [-0.05, 0) is 45.2 Å². The lowest BCUT2D eigenvalue weighted by Crippen LogP contribution is -2.37. The highest BCUT2D eigenvalue weighted by atomic mass is 16.6. The van der Waals surface area contributed by atoms with Gasteiger partial charge in [-0.3, -0.25) is 4.79 Å². The van der Waals surface area contributed by atoms with E-state index in [4.69, 9.17) is 4.74 Å². The first-order valence-electron chi connectivity index (χ1n) is 6.50. The summed E-state index contributed by atoms with van der Waals surface area (Å²) in [5.74, 6) is -0.154. The first-order chi connectivity index (χ1) is 8.46. The lowest BCUT2D eigenvalue weighted by atomic mass is 10.0. The normalized spacial score (nSPS) is 15.2. The molecule has 0 bridgehead atoms. The van der Waals surface area contributed by atoms with E-state index in [-0.39, 0.29) is 5.97 Å². The number of aryl methyl sites for hydroxylation is 1. The van der Waals surface area contributed by atoms with E-state index in [2.05, 4.69) is 23.1 Å². The molecule has 1 aliphatic rings. The van der Waals surface area contributed by atoms with Crippen LogP contribution in [0.15, 0.2) is 24.3 Å². The molecule has 0 spiro atoms. The third-order valence-corrected chi connectivity index (χ3v) is 2.95. The van der Waals surface area contributed by atoms with E-state index in [1.807, 2.05) is 26.8 Å².